The maximum absolute atomic E-state index is 11.5. The van der Waals surface area contributed by atoms with Gasteiger partial charge < -0.3 is 10.4 Å². The molecule has 0 saturated carbocycles. The molecule has 0 aliphatic rings. The highest BCUT2D eigenvalue weighted by molar-refractivity contribution is 5.96. The number of carbonyl (C=O) groups excluding carboxylic acids is 1. The highest BCUT2D eigenvalue weighted by Crippen LogP contribution is 2.03. The molecule has 0 aliphatic carbocycles. The van der Waals surface area contributed by atoms with E-state index < -0.39 is 17.9 Å². The van der Waals surface area contributed by atoms with E-state index in [0.29, 0.717) is 12.0 Å². The van der Waals surface area contributed by atoms with E-state index in [2.05, 4.69) is 15.5 Å². The second kappa shape index (κ2) is 5.89. The molecule has 0 aliphatic heterocycles. The predicted octanol–water partition coefficient (Wildman–Crippen LogP) is 0.783. The van der Waals surface area contributed by atoms with E-state index >= 15 is 0 Å². The highest BCUT2D eigenvalue weighted by atomic mass is 16.4. The largest absolute Gasteiger partial charge is 0.480 e. The summed E-state index contributed by atoms with van der Waals surface area (Å²) in [6.45, 7) is 1.97. The Morgan fingerprint density at radius 1 is 1.62 bits per heavy atom. The summed E-state index contributed by atoms with van der Waals surface area (Å²) in [5.41, 5.74) is 0.336. The normalized spacial score (nSPS) is 12.1. The number of carboxylic acids is 1. The summed E-state index contributed by atoms with van der Waals surface area (Å²) in [6, 6.07) is -0.831. The van der Waals surface area contributed by atoms with Gasteiger partial charge in [-0.05, 0) is 6.42 Å². The van der Waals surface area contributed by atoms with E-state index in [-0.39, 0.29) is 0 Å². The number of aromatic amines is 1. The molecule has 6 nitrogen and oxygen atoms in total. The van der Waals surface area contributed by atoms with Crippen molar-refractivity contribution in [1.82, 2.24) is 15.5 Å². The van der Waals surface area contributed by atoms with Crippen molar-refractivity contribution >= 4 is 11.9 Å². The third-order valence-corrected chi connectivity index (χ3v) is 2.21. The minimum absolute atomic E-state index is 0.336. The van der Waals surface area contributed by atoms with Gasteiger partial charge in [-0.3, -0.25) is 9.89 Å². The number of nitrogens with one attached hydrogen (secondary N) is 2. The first-order valence-corrected chi connectivity index (χ1v) is 5.17. The SMILES string of the molecule is CCCCC(NC(=O)c1cn[nH]c1)C(=O)O. The van der Waals surface area contributed by atoms with Gasteiger partial charge in [0.15, 0.2) is 0 Å². The van der Waals surface area contributed by atoms with Crippen LogP contribution in [-0.2, 0) is 4.79 Å². The van der Waals surface area contributed by atoms with Gasteiger partial charge in [0, 0.05) is 6.20 Å². The number of rotatable bonds is 6. The smallest absolute Gasteiger partial charge is 0.326 e. The van der Waals surface area contributed by atoms with Crippen LogP contribution in [0.5, 0.6) is 0 Å². The standard InChI is InChI=1S/C10H15N3O3/c1-2-3-4-8(10(15)16)13-9(14)7-5-11-12-6-7/h5-6,8H,2-4H2,1H3,(H,11,12)(H,13,14)(H,15,16). The summed E-state index contributed by atoms with van der Waals surface area (Å²) in [5, 5.41) is 17.5. The predicted molar refractivity (Wildman–Crippen MR) is 57.0 cm³/mol. The lowest BCUT2D eigenvalue weighted by molar-refractivity contribution is -0.139. The number of carboxylic acid groups (broad SMARTS) is 1. The molecule has 1 amide bonds. The quantitative estimate of drug-likeness (QED) is 0.666. The molecule has 0 spiro atoms. The fraction of sp³-hybridized carbons (Fsp3) is 0.500. The molecule has 1 aromatic heterocycles. The van der Waals surface area contributed by atoms with Gasteiger partial charge in [0.05, 0.1) is 11.8 Å². The molecular weight excluding hydrogens is 210 g/mol. The number of nitrogens with zero attached hydrogens (tertiary/aromatic N) is 1. The van der Waals surface area contributed by atoms with Crippen molar-refractivity contribution in [2.45, 2.75) is 32.2 Å². The summed E-state index contributed by atoms with van der Waals surface area (Å²) < 4.78 is 0. The molecule has 0 radical (unpaired) electrons. The van der Waals surface area contributed by atoms with Crippen LogP contribution in [0.4, 0.5) is 0 Å². The van der Waals surface area contributed by atoms with Gasteiger partial charge in [-0.2, -0.15) is 5.10 Å². The second-order valence-electron chi connectivity index (χ2n) is 3.49. The van der Waals surface area contributed by atoms with Crippen molar-refractivity contribution in [1.29, 1.82) is 0 Å². The Bertz CT molecular complexity index is 348. The van der Waals surface area contributed by atoms with E-state index in [1.165, 1.54) is 12.4 Å². The topological polar surface area (TPSA) is 95.1 Å². The molecule has 1 unspecified atom stereocenters. The van der Waals surface area contributed by atoms with Gasteiger partial charge in [0.25, 0.3) is 5.91 Å². The van der Waals surface area contributed by atoms with Crippen molar-refractivity contribution in [3.05, 3.63) is 18.0 Å². The number of amides is 1. The first kappa shape index (κ1) is 12.2. The van der Waals surface area contributed by atoms with Crippen LogP contribution >= 0.6 is 0 Å². The molecule has 1 atom stereocenters. The molecule has 88 valence electrons. The van der Waals surface area contributed by atoms with Crippen molar-refractivity contribution in [3.8, 4) is 0 Å². The summed E-state index contributed by atoms with van der Waals surface area (Å²) >= 11 is 0. The van der Waals surface area contributed by atoms with Crippen LogP contribution < -0.4 is 5.32 Å². The Kier molecular flexibility index (Phi) is 4.50. The van der Waals surface area contributed by atoms with Crippen LogP contribution in [0, 0.1) is 0 Å². The average molecular weight is 225 g/mol. The van der Waals surface area contributed by atoms with Gasteiger partial charge in [-0.25, -0.2) is 4.79 Å². The monoisotopic (exact) mass is 225 g/mol. The molecule has 16 heavy (non-hydrogen) atoms. The van der Waals surface area contributed by atoms with Crippen molar-refractivity contribution in [2.24, 2.45) is 0 Å². The summed E-state index contributed by atoms with van der Waals surface area (Å²) in [5.74, 6) is -1.43. The van der Waals surface area contributed by atoms with Crippen LogP contribution in [0.1, 0.15) is 36.5 Å². The number of H-pyrrole nitrogens is 1. The lowest BCUT2D eigenvalue weighted by Gasteiger charge is -2.12. The van der Waals surface area contributed by atoms with Gasteiger partial charge in [-0.15, -0.1) is 0 Å². The van der Waals surface area contributed by atoms with E-state index in [0.717, 1.165) is 12.8 Å². The second-order valence-corrected chi connectivity index (χ2v) is 3.49. The van der Waals surface area contributed by atoms with Crippen molar-refractivity contribution < 1.29 is 14.7 Å². The Morgan fingerprint density at radius 3 is 2.88 bits per heavy atom. The number of aliphatic carboxylic acids is 1. The third-order valence-electron chi connectivity index (χ3n) is 2.21. The lowest BCUT2D eigenvalue weighted by Crippen LogP contribution is -2.40. The number of hydrogen-bond acceptors (Lipinski definition) is 3. The molecule has 0 bridgehead atoms. The third kappa shape index (κ3) is 3.38. The van der Waals surface area contributed by atoms with Crippen LogP contribution in [0.25, 0.3) is 0 Å². The van der Waals surface area contributed by atoms with Crippen LogP contribution in [0.2, 0.25) is 0 Å². The first-order valence-electron chi connectivity index (χ1n) is 5.17. The Labute approximate surface area is 93.1 Å². The number of unbranched alkanes of at least 4 members (excludes halogenated alkanes) is 1. The highest BCUT2D eigenvalue weighted by Gasteiger charge is 2.20. The van der Waals surface area contributed by atoms with Crippen molar-refractivity contribution in [3.63, 3.8) is 0 Å². The van der Waals surface area contributed by atoms with Gasteiger partial charge in [0.1, 0.15) is 6.04 Å². The number of hydrogen-bond donors (Lipinski definition) is 3. The van der Waals surface area contributed by atoms with Crippen molar-refractivity contribution in [2.75, 3.05) is 0 Å². The molecule has 6 heteroatoms. The van der Waals surface area contributed by atoms with E-state index in [9.17, 15) is 9.59 Å². The van der Waals surface area contributed by atoms with Crippen LogP contribution in [0.3, 0.4) is 0 Å². The average Bonchev–Trinajstić information content (AvgIpc) is 2.76. The van der Waals surface area contributed by atoms with E-state index in [4.69, 9.17) is 5.11 Å². The summed E-state index contributed by atoms with van der Waals surface area (Å²) in [4.78, 5) is 22.4. The summed E-state index contributed by atoms with van der Waals surface area (Å²) in [6.07, 6.45) is 4.88. The Morgan fingerprint density at radius 2 is 2.38 bits per heavy atom. The fourth-order valence-electron chi connectivity index (χ4n) is 1.28. The molecular formula is C10H15N3O3. The van der Waals surface area contributed by atoms with Gasteiger partial charge in [0.2, 0.25) is 0 Å². The molecule has 0 saturated heterocycles. The zero-order valence-electron chi connectivity index (χ0n) is 9.06. The van der Waals surface area contributed by atoms with Crippen LogP contribution in [-0.4, -0.2) is 33.2 Å². The molecule has 1 aromatic rings. The summed E-state index contributed by atoms with van der Waals surface area (Å²) in [7, 11) is 0. The fourth-order valence-corrected chi connectivity index (χ4v) is 1.28. The minimum Gasteiger partial charge on any atom is -0.480 e. The Balaban J connectivity index is 2.54. The molecule has 3 N–H and O–H groups in total. The maximum atomic E-state index is 11.5. The minimum atomic E-state index is -1.01. The molecule has 1 rings (SSSR count). The number of carbonyl (C=O) groups is 2. The number of aromatic nitrogens is 2. The van der Waals surface area contributed by atoms with E-state index in [1.54, 1.807) is 0 Å². The first-order chi connectivity index (χ1) is 7.65. The molecule has 0 fully saturated rings. The van der Waals surface area contributed by atoms with Gasteiger partial charge in [-0.1, -0.05) is 19.8 Å². The molecule has 0 aromatic carbocycles. The zero-order chi connectivity index (χ0) is 12.0. The van der Waals surface area contributed by atoms with E-state index in [1.807, 2.05) is 6.92 Å². The van der Waals surface area contributed by atoms with Gasteiger partial charge >= 0.3 is 5.97 Å². The van der Waals surface area contributed by atoms with Crippen LogP contribution in [0.15, 0.2) is 12.4 Å². The zero-order valence-corrected chi connectivity index (χ0v) is 9.06. The molecule has 1 heterocycles. The maximum Gasteiger partial charge on any atom is 0.326 e. The lowest BCUT2D eigenvalue weighted by atomic mass is 10.1. The Hall–Kier alpha value is -1.85.